The van der Waals surface area contributed by atoms with Gasteiger partial charge in [0.05, 0.1) is 23.0 Å². The third-order valence-electron chi connectivity index (χ3n) is 3.58. The Kier molecular flexibility index (Phi) is 4.26. The second kappa shape index (κ2) is 5.59. The lowest BCUT2D eigenvalue weighted by Gasteiger charge is -2.28. The number of aliphatic hydroxyl groups excluding tert-OH is 1. The lowest BCUT2D eigenvalue weighted by Crippen LogP contribution is -2.51. The number of hydrogen-bond donors (Lipinski definition) is 2. The second-order valence-corrected chi connectivity index (χ2v) is 6.18. The molecule has 1 aromatic rings. The van der Waals surface area contributed by atoms with Crippen LogP contribution in [0.15, 0.2) is 22.7 Å². The van der Waals surface area contributed by atoms with Gasteiger partial charge in [0.25, 0.3) is 0 Å². The van der Waals surface area contributed by atoms with Crippen molar-refractivity contribution in [2.24, 2.45) is 5.92 Å². The molecular formula is C14H17BrFNO2. The Bertz CT molecular complexity index is 490. The topological polar surface area (TPSA) is 49.3 Å². The summed E-state index contributed by atoms with van der Waals surface area (Å²) in [6.07, 6.45) is 2.26. The van der Waals surface area contributed by atoms with Crippen molar-refractivity contribution in [2.45, 2.75) is 31.7 Å². The van der Waals surface area contributed by atoms with E-state index in [1.54, 1.807) is 12.1 Å². The Balaban J connectivity index is 1.98. The van der Waals surface area contributed by atoms with Crippen LogP contribution in [0.4, 0.5) is 4.39 Å². The highest BCUT2D eigenvalue weighted by Crippen LogP contribution is 2.39. The molecule has 0 bridgehead atoms. The van der Waals surface area contributed by atoms with Gasteiger partial charge in [-0.15, -0.1) is 0 Å². The summed E-state index contributed by atoms with van der Waals surface area (Å²) in [5, 5.41) is 12.3. The lowest BCUT2D eigenvalue weighted by atomic mass is 9.96. The van der Waals surface area contributed by atoms with Crippen LogP contribution in [-0.2, 0) is 11.2 Å². The van der Waals surface area contributed by atoms with E-state index in [1.807, 2.05) is 6.92 Å². The summed E-state index contributed by atoms with van der Waals surface area (Å²) in [5.74, 6) is -0.134. The van der Waals surface area contributed by atoms with E-state index in [4.69, 9.17) is 0 Å². The molecule has 1 aromatic carbocycles. The second-order valence-electron chi connectivity index (χ2n) is 5.32. The van der Waals surface area contributed by atoms with Gasteiger partial charge in [0, 0.05) is 0 Å². The van der Waals surface area contributed by atoms with Gasteiger partial charge in [0.1, 0.15) is 5.82 Å². The zero-order valence-corrected chi connectivity index (χ0v) is 12.3. The number of benzene rings is 1. The van der Waals surface area contributed by atoms with E-state index >= 15 is 0 Å². The SMILES string of the molecule is CC(CO)(NC(=O)Cc1ccc(F)c(Br)c1)C1CC1. The van der Waals surface area contributed by atoms with Gasteiger partial charge in [0.2, 0.25) is 5.91 Å². The van der Waals surface area contributed by atoms with Crippen molar-refractivity contribution < 1.29 is 14.3 Å². The van der Waals surface area contributed by atoms with Gasteiger partial charge in [-0.2, -0.15) is 0 Å². The minimum atomic E-state index is -0.533. The number of halogens is 2. The van der Waals surface area contributed by atoms with Crippen molar-refractivity contribution in [3.8, 4) is 0 Å². The highest BCUT2D eigenvalue weighted by atomic mass is 79.9. The Labute approximate surface area is 120 Å². The number of rotatable bonds is 5. The molecule has 0 aliphatic heterocycles. The molecule has 1 amide bonds. The smallest absolute Gasteiger partial charge is 0.224 e. The lowest BCUT2D eigenvalue weighted by molar-refractivity contribution is -0.123. The van der Waals surface area contributed by atoms with Crippen LogP contribution in [0.5, 0.6) is 0 Å². The third-order valence-corrected chi connectivity index (χ3v) is 4.19. The molecule has 3 nitrogen and oxygen atoms in total. The van der Waals surface area contributed by atoms with Gasteiger partial charge >= 0.3 is 0 Å². The maximum Gasteiger partial charge on any atom is 0.224 e. The number of aliphatic hydroxyl groups is 1. The predicted octanol–water partition coefficient (Wildman–Crippen LogP) is 2.41. The first-order chi connectivity index (χ1) is 8.94. The van der Waals surface area contributed by atoms with Crippen molar-refractivity contribution in [1.29, 1.82) is 0 Å². The summed E-state index contributed by atoms with van der Waals surface area (Å²) in [6, 6.07) is 4.52. The number of amides is 1. The fraction of sp³-hybridized carbons (Fsp3) is 0.500. The molecule has 1 atom stereocenters. The first-order valence-corrected chi connectivity index (χ1v) is 7.10. The summed E-state index contributed by atoms with van der Waals surface area (Å²) < 4.78 is 13.4. The van der Waals surface area contributed by atoms with Gasteiger partial charge in [-0.1, -0.05) is 6.07 Å². The van der Waals surface area contributed by atoms with Crippen molar-refractivity contribution in [3.63, 3.8) is 0 Å². The third kappa shape index (κ3) is 3.54. The number of carbonyl (C=O) groups is 1. The van der Waals surface area contributed by atoms with E-state index in [-0.39, 0.29) is 24.8 Å². The number of carbonyl (C=O) groups excluding carboxylic acids is 1. The van der Waals surface area contributed by atoms with Gasteiger partial charge in [-0.25, -0.2) is 4.39 Å². The molecule has 0 aromatic heterocycles. The van der Waals surface area contributed by atoms with E-state index in [0.717, 1.165) is 18.4 Å². The molecule has 0 saturated heterocycles. The summed E-state index contributed by atoms with van der Waals surface area (Å²) in [7, 11) is 0. The highest BCUT2D eigenvalue weighted by Gasteiger charge is 2.42. The van der Waals surface area contributed by atoms with Crippen molar-refractivity contribution >= 4 is 21.8 Å². The van der Waals surface area contributed by atoms with Crippen LogP contribution in [0, 0.1) is 11.7 Å². The van der Waals surface area contributed by atoms with E-state index in [2.05, 4.69) is 21.2 Å². The molecule has 0 radical (unpaired) electrons. The Morgan fingerprint density at radius 2 is 2.26 bits per heavy atom. The molecule has 19 heavy (non-hydrogen) atoms. The standard InChI is InChI=1S/C14H17BrFNO2/c1-14(8-18,10-3-4-10)17-13(19)7-9-2-5-12(16)11(15)6-9/h2,5-6,10,18H,3-4,7-8H2,1H3,(H,17,19). The van der Waals surface area contributed by atoms with Crippen LogP contribution in [0.1, 0.15) is 25.3 Å². The molecule has 2 N–H and O–H groups in total. The zero-order chi connectivity index (χ0) is 14.0. The van der Waals surface area contributed by atoms with E-state index < -0.39 is 5.54 Å². The fourth-order valence-corrected chi connectivity index (χ4v) is 2.62. The molecule has 1 saturated carbocycles. The van der Waals surface area contributed by atoms with Crippen LogP contribution >= 0.6 is 15.9 Å². The average Bonchev–Trinajstić information content (AvgIpc) is 3.18. The molecule has 5 heteroatoms. The van der Waals surface area contributed by atoms with Crippen LogP contribution in [0.3, 0.4) is 0 Å². The molecular weight excluding hydrogens is 313 g/mol. The fourth-order valence-electron chi connectivity index (χ4n) is 2.19. The van der Waals surface area contributed by atoms with Crippen LogP contribution < -0.4 is 5.32 Å². The average molecular weight is 330 g/mol. The van der Waals surface area contributed by atoms with Crippen LogP contribution in [-0.4, -0.2) is 23.2 Å². The quantitative estimate of drug-likeness (QED) is 0.871. The van der Waals surface area contributed by atoms with Crippen molar-refractivity contribution in [1.82, 2.24) is 5.32 Å². The number of hydrogen-bond acceptors (Lipinski definition) is 2. The summed E-state index contributed by atoms with van der Waals surface area (Å²) >= 11 is 3.10. The predicted molar refractivity (Wildman–Crippen MR) is 74.2 cm³/mol. The van der Waals surface area contributed by atoms with E-state index in [1.165, 1.54) is 6.07 Å². The molecule has 1 fully saturated rings. The van der Waals surface area contributed by atoms with Gasteiger partial charge in [-0.05, 0) is 59.3 Å². The maximum absolute atomic E-state index is 13.1. The molecule has 1 aliphatic carbocycles. The Morgan fingerprint density at radius 1 is 1.58 bits per heavy atom. The summed E-state index contributed by atoms with van der Waals surface area (Å²) in [6.45, 7) is 1.81. The van der Waals surface area contributed by atoms with E-state index in [9.17, 15) is 14.3 Å². The van der Waals surface area contributed by atoms with E-state index in [0.29, 0.717) is 10.4 Å². The largest absolute Gasteiger partial charge is 0.394 e. The molecule has 0 heterocycles. The Morgan fingerprint density at radius 3 is 2.79 bits per heavy atom. The zero-order valence-electron chi connectivity index (χ0n) is 10.7. The van der Waals surface area contributed by atoms with Gasteiger partial charge in [0.15, 0.2) is 0 Å². The normalized spacial score (nSPS) is 17.9. The molecule has 2 rings (SSSR count). The summed E-state index contributed by atoms with van der Waals surface area (Å²) in [4.78, 5) is 12.0. The molecule has 0 spiro atoms. The Hall–Kier alpha value is -0.940. The van der Waals surface area contributed by atoms with Gasteiger partial charge < -0.3 is 10.4 Å². The first kappa shape index (κ1) is 14.5. The molecule has 104 valence electrons. The molecule has 1 unspecified atom stereocenters. The summed E-state index contributed by atoms with van der Waals surface area (Å²) in [5.41, 5.74) is 0.204. The van der Waals surface area contributed by atoms with Crippen molar-refractivity contribution in [2.75, 3.05) is 6.61 Å². The minimum absolute atomic E-state index is 0.0590. The van der Waals surface area contributed by atoms with Crippen molar-refractivity contribution in [3.05, 3.63) is 34.1 Å². The monoisotopic (exact) mass is 329 g/mol. The van der Waals surface area contributed by atoms with Crippen LogP contribution in [0.2, 0.25) is 0 Å². The first-order valence-electron chi connectivity index (χ1n) is 6.30. The minimum Gasteiger partial charge on any atom is -0.394 e. The highest BCUT2D eigenvalue weighted by molar-refractivity contribution is 9.10. The number of nitrogens with one attached hydrogen (secondary N) is 1. The molecule has 1 aliphatic rings. The van der Waals surface area contributed by atoms with Gasteiger partial charge in [-0.3, -0.25) is 4.79 Å². The maximum atomic E-state index is 13.1. The van der Waals surface area contributed by atoms with Crippen LogP contribution in [0.25, 0.3) is 0 Å².